The van der Waals surface area contributed by atoms with Crippen molar-refractivity contribution in [2.24, 2.45) is 0 Å². The Bertz CT molecular complexity index is 306. The number of anilines is 1. The Labute approximate surface area is 75.8 Å². The van der Waals surface area contributed by atoms with E-state index in [0.717, 1.165) is 0 Å². The van der Waals surface area contributed by atoms with Gasteiger partial charge in [-0.3, -0.25) is 10.1 Å². The monoisotopic (exact) mass is 181 g/mol. The van der Waals surface area contributed by atoms with E-state index >= 15 is 0 Å². The Morgan fingerprint density at radius 1 is 1.77 bits per heavy atom. The number of hydrogen-bond acceptors (Lipinski definition) is 4. The van der Waals surface area contributed by atoms with Gasteiger partial charge in [0.05, 0.1) is 0 Å². The van der Waals surface area contributed by atoms with Gasteiger partial charge in [0.15, 0.2) is 5.82 Å². The largest absolute Gasteiger partial charge is 0.328 e. The Kier molecular flexibility index (Phi) is 3.19. The van der Waals surface area contributed by atoms with E-state index in [2.05, 4.69) is 22.0 Å². The van der Waals surface area contributed by atoms with Crippen molar-refractivity contribution in [3.63, 3.8) is 0 Å². The molecule has 0 aliphatic heterocycles. The fourth-order valence-electron chi connectivity index (χ4n) is 0.763. The fourth-order valence-corrected chi connectivity index (χ4v) is 0.763. The third-order valence-corrected chi connectivity index (χ3v) is 1.35. The minimum atomic E-state index is -0.149. The molecule has 0 saturated heterocycles. The highest BCUT2D eigenvalue weighted by molar-refractivity contribution is 5.88. The van der Waals surface area contributed by atoms with E-state index in [4.69, 9.17) is 4.52 Å². The van der Waals surface area contributed by atoms with Gasteiger partial charge in [-0.25, -0.2) is 0 Å². The van der Waals surface area contributed by atoms with Gasteiger partial charge in [0, 0.05) is 6.42 Å². The van der Waals surface area contributed by atoms with Crippen LogP contribution in [0.1, 0.15) is 18.7 Å². The first-order valence-corrected chi connectivity index (χ1v) is 3.93. The maximum atomic E-state index is 11.1. The summed E-state index contributed by atoms with van der Waals surface area (Å²) in [5.74, 6) is 0.350. The van der Waals surface area contributed by atoms with Crippen LogP contribution in [0.15, 0.2) is 17.2 Å². The SMILES string of the molecule is C=CCCC(=O)Nc1nc(C)no1. The van der Waals surface area contributed by atoms with Gasteiger partial charge in [0.1, 0.15) is 0 Å². The molecule has 0 bridgehead atoms. The lowest BCUT2D eigenvalue weighted by Crippen LogP contribution is -2.10. The molecule has 1 N–H and O–H groups in total. The van der Waals surface area contributed by atoms with E-state index in [0.29, 0.717) is 18.7 Å². The number of rotatable bonds is 4. The van der Waals surface area contributed by atoms with Crippen LogP contribution in [0, 0.1) is 6.92 Å². The van der Waals surface area contributed by atoms with Crippen molar-refractivity contribution < 1.29 is 9.32 Å². The number of carbonyl (C=O) groups is 1. The lowest BCUT2D eigenvalue weighted by Gasteiger charge is -1.95. The Morgan fingerprint density at radius 3 is 3.08 bits per heavy atom. The van der Waals surface area contributed by atoms with Crippen LogP contribution >= 0.6 is 0 Å². The topological polar surface area (TPSA) is 68.0 Å². The minimum Gasteiger partial charge on any atom is -0.315 e. The molecule has 1 heterocycles. The van der Waals surface area contributed by atoms with Gasteiger partial charge in [0.25, 0.3) is 0 Å². The predicted molar refractivity (Wildman–Crippen MR) is 47.1 cm³/mol. The molecule has 5 heteroatoms. The first-order valence-electron chi connectivity index (χ1n) is 3.93. The second-order valence-electron chi connectivity index (χ2n) is 2.52. The third-order valence-electron chi connectivity index (χ3n) is 1.35. The third kappa shape index (κ3) is 3.06. The number of nitrogens with one attached hydrogen (secondary N) is 1. The van der Waals surface area contributed by atoms with Crippen LogP contribution in [0.5, 0.6) is 0 Å². The van der Waals surface area contributed by atoms with E-state index in [1.165, 1.54) is 0 Å². The molecule has 0 spiro atoms. The first kappa shape index (κ1) is 9.44. The van der Waals surface area contributed by atoms with E-state index in [-0.39, 0.29) is 11.9 Å². The molecule has 0 fully saturated rings. The Hall–Kier alpha value is -1.65. The molecule has 1 aromatic rings. The maximum absolute atomic E-state index is 11.1. The zero-order valence-corrected chi connectivity index (χ0v) is 7.41. The van der Waals surface area contributed by atoms with Crippen LogP contribution in [0.2, 0.25) is 0 Å². The number of amides is 1. The van der Waals surface area contributed by atoms with E-state index < -0.39 is 0 Å². The quantitative estimate of drug-likeness (QED) is 0.710. The lowest BCUT2D eigenvalue weighted by molar-refractivity contribution is -0.116. The van der Waals surface area contributed by atoms with Crippen LogP contribution in [0.25, 0.3) is 0 Å². The average molecular weight is 181 g/mol. The first-order chi connectivity index (χ1) is 6.22. The molecule has 1 aromatic heterocycles. The molecule has 5 nitrogen and oxygen atoms in total. The van der Waals surface area contributed by atoms with Gasteiger partial charge in [0.2, 0.25) is 5.91 Å². The van der Waals surface area contributed by atoms with E-state index in [9.17, 15) is 4.79 Å². The molecule has 70 valence electrons. The van der Waals surface area contributed by atoms with Gasteiger partial charge in [-0.05, 0) is 13.3 Å². The van der Waals surface area contributed by atoms with Gasteiger partial charge in [-0.1, -0.05) is 11.2 Å². The van der Waals surface area contributed by atoms with E-state index in [1.807, 2.05) is 0 Å². The van der Waals surface area contributed by atoms with Gasteiger partial charge in [-0.2, -0.15) is 4.98 Å². The van der Waals surface area contributed by atoms with Crippen molar-refractivity contribution in [1.82, 2.24) is 10.1 Å². The number of carbonyl (C=O) groups excluding carboxylic acids is 1. The molecule has 0 unspecified atom stereocenters. The standard InChI is InChI=1S/C8H11N3O2/c1-3-4-5-7(12)10-8-9-6(2)11-13-8/h3H,1,4-5H2,2H3,(H,9,10,11,12). The summed E-state index contributed by atoms with van der Waals surface area (Å²) < 4.78 is 4.70. The number of aromatic nitrogens is 2. The molecule has 0 aliphatic carbocycles. The summed E-state index contributed by atoms with van der Waals surface area (Å²) in [5.41, 5.74) is 0. The highest BCUT2D eigenvalue weighted by Gasteiger charge is 2.06. The van der Waals surface area contributed by atoms with Crippen molar-refractivity contribution in [3.05, 3.63) is 18.5 Å². The molecular weight excluding hydrogens is 170 g/mol. The second kappa shape index (κ2) is 4.39. The summed E-state index contributed by atoms with van der Waals surface area (Å²) in [6.07, 6.45) is 2.70. The summed E-state index contributed by atoms with van der Waals surface area (Å²) >= 11 is 0. The highest BCUT2D eigenvalue weighted by atomic mass is 16.5. The normalized spacial score (nSPS) is 9.62. The Balaban J connectivity index is 2.40. The van der Waals surface area contributed by atoms with Crippen LogP contribution in [-0.4, -0.2) is 16.0 Å². The molecule has 13 heavy (non-hydrogen) atoms. The summed E-state index contributed by atoms with van der Waals surface area (Å²) in [7, 11) is 0. The molecule has 0 radical (unpaired) electrons. The van der Waals surface area contributed by atoms with E-state index in [1.54, 1.807) is 13.0 Å². The molecule has 0 saturated carbocycles. The van der Waals surface area contributed by atoms with Crippen LogP contribution in [-0.2, 0) is 4.79 Å². The predicted octanol–water partition coefficient (Wildman–Crippen LogP) is 1.28. The van der Waals surface area contributed by atoms with Gasteiger partial charge < -0.3 is 4.52 Å². The molecular formula is C8H11N3O2. The van der Waals surface area contributed by atoms with Gasteiger partial charge >= 0.3 is 6.01 Å². The molecule has 1 rings (SSSR count). The number of allylic oxidation sites excluding steroid dienone is 1. The molecule has 0 aromatic carbocycles. The Morgan fingerprint density at radius 2 is 2.54 bits per heavy atom. The zero-order chi connectivity index (χ0) is 9.68. The van der Waals surface area contributed by atoms with Gasteiger partial charge in [-0.15, -0.1) is 6.58 Å². The summed E-state index contributed by atoms with van der Waals surface area (Å²) in [5, 5.41) is 6.00. The minimum absolute atomic E-state index is 0.145. The van der Waals surface area contributed by atoms with Crippen molar-refractivity contribution >= 4 is 11.9 Å². The summed E-state index contributed by atoms with van der Waals surface area (Å²) in [4.78, 5) is 14.9. The molecule has 0 aliphatic rings. The average Bonchev–Trinajstić information content (AvgIpc) is 2.48. The van der Waals surface area contributed by atoms with Crippen molar-refractivity contribution in [2.75, 3.05) is 5.32 Å². The van der Waals surface area contributed by atoms with Crippen molar-refractivity contribution in [2.45, 2.75) is 19.8 Å². The fraction of sp³-hybridized carbons (Fsp3) is 0.375. The number of aryl methyl sites for hydroxylation is 1. The zero-order valence-electron chi connectivity index (χ0n) is 7.41. The molecule has 0 atom stereocenters. The molecule has 1 amide bonds. The van der Waals surface area contributed by atoms with Crippen LogP contribution < -0.4 is 5.32 Å². The van der Waals surface area contributed by atoms with Crippen molar-refractivity contribution in [3.8, 4) is 0 Å². The summed E-state index contributed by atoms with van der Waals surface area (Å²) in [6.45, 7) is 5.20. The second-order valence-corrected chi connectivity index (χ2v) is 2.52. The number of hydrogen-bond donors (Lipinski definition) is 1. The van der Waals surface area contributed by atoms with Crippen LogP contribution in [0.4, 0.5) is 6.01 Å². The maximum Gasteiger partial charge on any atom is 0.328 e. The summed E-state index contributed by atoms with van der Waals surface area (Å²) in [6, 6.07) is 0.145. The number of nitrogens with zero attached hydrogens (tertiary/aromatic N) is 2. The van der Waals surface area contributed by atoms with Crippen molar-refractivity contribution in [1.29, 1.82) is 0 Å². The lowest BCUT2D eigenvalue weighted by atomic mass is 10.3. The smallest absolute Gasteiger partial charge is 0.315 e. The van der Waals surface area contributed by atoms with Crippen LogP contribution in [0.3, 0.4) is 0 Å². The highest BCUT2D eigenvalue weighted by Crippen LogP contribution is 2.03.